The molecule has 0 N–H and O–H groups in total. The van der Waals surface area contributed by atoms with Crippen LogP contribution < -0.4 is 34.0 Å². The van der Waals surface area contributed by atoms with E-state index in [0.717, 1.165) is 19.5 Å². The molecule has 20 heavy (non-hydrogen) atoms. The van der Waals surface area contributed by atoms with Crippen LogP contribution in [0.5, 0.6) is 0 Å². The molecule has 0 saturated carbocycles. The van der Waals surface area contributed by atoms with Crippen LogP contribution in [0.3, 0.4) is 0 Å². The molecular formula is C15H15Br2N3. The first-order valence-electron chi connectivity index (χ1n) is 6.39. The van der Waals surface area contributed by atoms with Crippen molar-refractivity contribution >= 4 is 11.4 Å². The topological polar surface area (TPSA) is 18.4 Å². The van der Waals surface area contributed by atoms with Crippen molar-refractivity contribution in [1.29, 1.82) is 0 Å². The van der Waals surface area contributed by atoms with E-state index in [1.54, 1.807) is 0 Å². The second kappa shape index (κ2) is 5.74. The molecule has 0 amide bonds. The number of allylic oxidation sites excluding steroid dienone is 2. The number of halogens is 2. The van der Waals surface area contributed by atoms with Crippen molar-refractivity contribution in [2.75, 3.05) is 13.1 Å². The number of hydrogen-bond donors (Lipinski definition) is 0. The molecule has 0 aromatic heterocycles. The molecule has 1 aromatic carbocycles. The minimum atomic E-state index is 0. The van der Waals surface area contributed by atoms with Gasteiger partial charge < -0.3 is 34.0 Å². The summed E-state index contributed by atoms with van der Waals surface area (Å²) in [6.07, 6.45) is 5.47. The third kappa shape index (κ3) is 2.13. The lowest BCUT2D eigenvalue weighted by Crippen LogP contribution is -3.00. The maximum Gasteiger partial charge on any atom is 0.312 e. The van der Waals surface area contributed by atoms with Gasteiger partial charge in [-0.05, 0) is 22.8 Å². The van der Waals surface area contributed by atoms with E-state index in [1.165, 1.54) is 28.2 Å². The molecule has 3 aliphatic rings. The van der Waals surface area contributed by atoms with Gasteiger partial charge >= 0.3 is 5.70 Å². The summed E-state index contributed by atoms with van der Waals surface area (Å²) in [5.74, 6) is 0. The largest absolute Gasteiger partial charge is 1.00 e. The van der Waals surface area contributed by atoms with E-state index in [1.807, 2.05) is 0 Å². The molecule has 0 unspecified atom stereocenters. The van der Waals surface area contributed by atoms with Crippen molar-refractivity contribution in [3.05, 3.63) is 53.4 Å². The van der Waals surface area contributed by atoms with Crippen molar-refractivity contribution in [2.24, 2.45) is 5.11 Å². The second-order valence-electron chi connectivity index (χ2n) is 5.01. The summed E-state index contributed by atoms with van der Waals surface area (Å²) >= 11 is 0. The van der Waals surface area contributed by atoms with Gasteiger partial charge in [-0.2, -0.15) is 4.58 Å². The molecule has 4 rings (SSSR count). The fraction of sp³-hybridized carbons (Fsp3) is 0.267. The smallest absolute Gasteiger partial charge is 0.312 e. The number of rotatable bonds is 1. The van der Waals surface area contributed by atoms with E-state index in [9.17, 15) is 0 Å². The maximum absolute atomic E-state index is 4.70. The quantitative estimate of drug-likeness (QED) is 0.444. The summed E-state index contributed by atoms with van der Waals surface area (Å²) in [5.41, 5.74) is 6.70. The Bertz CT molecular complexity index is 684. The molecule has 0 saturated heterocycles. The van der Waals surface area contributed by atoms with Crippen molar-refractivity contribution in [3.63, 3.8) is 0 Å². The summed E-state index contributed by atoms with van der Waals surface area (Å²) in [5, 5.41) is 4.70. The van der Waals surface area contributed by atoms with E-state index < -0.39 is 0 Å². The van der Waals surface area contributed by atoms with Crippen molar-refractivity contribution in [1.82, 2.24) is 0 Å². The summed E-state index contributed by atoms with van der Waals surface area (Å²) in [6.45, 7) is 4.01. The Kier molecular flexibility index (Phi) is 4.39. The van der Waals surface area contributed by atoms with Gasteiger partial charge in [-0.25, -0.2) is 0 Å². The third-order valence-electron chi connectivity index (χ3n) is 3.87. The third-order valence-corrected chi connectivity index (χ3v) is 3.87. The van der Waals surface area contributed by atoms with Gasteiger partial charge in [0.25, 0.3) is 5.71 Å². The van der Waals surface area contributed by atoms with Crippen LogP contribution in [-0.4, -0.2) is 28.1 Å². The van der Waals surface area contributed by atoms with Crippen LogP contribution in [0.1, 0.15) is 12.0 Å². The predicted molar refractivity (Wildman–Crippen MR) is 69.3 cm³/mol. The minimum Gasteiger partial charge on any atom is -1.00 e. The van der Waals surface area contributed by atoms with Crippen LogP contribution >= 0.6 is 0 Å². The van der Waals surface area contributed by atoms with E-state index in [2.05, 4.69) is 52.7 Å². The molecular weight excluding hydrogens is 382 g/mol. The molecule has 3 aliphatic heterocycles. The van der Waals surface area contributed by atoms with Gasteiger partial charge in [0.05, 0.1) is 6.42 Å². The Balaban J connectivity index is 0.000000735. The number of fused-ring (bicyclic) bond motifs is 1. The zero-order chi connectivity index (χ0) is 12.1. The average Bonchev–Trinajstić information content (AvgIpc) is 3.00. The van der Waals surface area contributed by atoms with Gasteiger partial charge in [0.2, 0.25) is 5.69 Å². The highest BCUT2D eigenvalue weighted by atomic mass is 79.9. The second-order valence-corrected chi connectivity index (χ2v) is 5.01. The Morgan fingerprint density at radius 1 is 1.15 bits per heavy atom. The lowest BCUT2D eigenvalue weighted by molar-refractivity contribution is -0.465. The number of aryl methyl sites for hydroxylation is 1. The highest BCUT2D eigenvalue weighted by Gasteiger charge is 2.46. The molecule has 3 nitrogen and oxygen atoms in total. The summed E-state index contributed by atoms with van der Waals surface area (Å²) < 4.78 is 4.50. The fourth-order valence-electron chi connectivity index (χ4n) is 2.99. The molecule has 0 bridgehead atoms. The standard InChI is InChI=1S/C15H15N3.2BrH/c1-11-5-2-3-6-13(11)18-15-12(9-16-18)10-17-8-4-7-14(15)17;;/h2-6,8H,7,9-10H2,1H3;2*1H/q+2;;/p-2. The lowest BCUT2D eigenvalue weighted by atomic mass is 10.1. The first kappa shape index (κ1) is 15.3. The molecule has 104 valence electrons. The molecule has 0 atom stereocenters. The zero-order valence-corrected chi connectivity index (χ0v) is 14.4. The SMILES string of the molecule is Cc1ccccc1[N+]1=NCC2=C1C1=[N+](C=CC1)C2.[Br-].[Br-]. The Hall–Kier alpha value is -1.07. The Morgan fingerprint density at radius 2 is 1.95 bits per heavy atom. The maximum atomic E-state index is 4.70. The van der Waals surface area contributed by atoms with Crippen LogP contribution in [0.2, 0.25) is 0 Å². The van der Waals surface area contributed by atoms with E-state index in [4.69, 9.17) is 5.11 Å². The van der Waals surface area contributed by atoms with Gasteiger partial charge in [0.1, 0.15) is 12.1 Å². The van der Waals surface area contributed by atoms with E-state index >= 15 is 0 Å². The molecule has 1 aromatic rings. The summed E-state index contributed by atoms with van der Waals surface area (Å²) in [4.78, 5) is 0. The molecule has 0 fully saturated rings. The van der Waals surface area contributed by atoms with Gasteiger partial charge in [0, 0.05) is 11.6 Å². The van der Waals surface area contributed by atoms with Crippen molar-refractivity contribution < 1.29 is 43.2 Å². The summed E-state index contributed by atoms with van der Waals surface area (Å²) in [7, 11) is 0. The van der Waals surface area contributed by atoms with Crippen molar-refractivity contribution in [3.8, 4) is 0 Å². The van der Waals surface area contributed by atoms with Gasteiger partial charge in [-0.15, -0.1) is 0 Å². The fourth-order valence-corrected chi connectivity index (χ4v) is 2.99. The molecule has 0 aliphatic carbocycles. The highest BCUT2D eigenvalue weighted by molar-refractivity contribution is 5.98. The lowest BCUT2D eigenvalue weighted by Gasteiger charge is -1.99. The monoisotopic (exact) mass is 395 g/mol. The Morgan fingerprint density at radius 3 is 2.75 bits per heavy atom. The van der Waals surface area contributed by atoms with Crippen LogP contribution in [-0.2, 0) is 0 Å². The van der Waals surface area contributed by atoms with Gasteiger partial charge in [-0.3, -0.25) is 0 Å². The summed E-state index contributed by atoms with van der Waals surface area (Å²) in [6, 6.07) is 8.46. The van der Waals surface area contributed by atoms with Crippen molar-refractivity contribution in [2.45, 2.75) is 13.3 Å². The Labute approximate surface area is 139 Å². The van der Waals surface area contributed by atoms with Crippen LogP contribution in [0, 0.1) is 6.92 Å². The normalized spacial score (nSPS) is 18.6. The number of para-hydroxylation sites is 1. The molecule has 0 spiro atoms. The number of benzene rings is 1. The van der Waals surface area contributed by atoms with Crippen LogP contribution in [0.15, 0.2) is 52.9 Å². The predicted octanol–water partition coefficient (Wildman–Crippen LogP) is -3.25. The first-order valence-corrected chi connectivity index (χ1v) is 6.39. The van der Waals surface area contributed by atoms with Crippen LogP contribution in [0.25, 0.3) is 0 Å². The van der Waals surface area contributed by atoms with Crippen LogP contribution in [0.4, 0.5) is 5.69 Å². The molecule has 5 heteroatoms. The number of hydrogen-bond acceptors (Lipinski definition) is 1. The molecule has 0 radical (unpaired) electrons. The van der Waals surface area contributed by atoms with E-state index in [-0.39, 0.29) is 34.0 Å². The van der Waals surface area contributed by atoms with Gasteiger partial charge in [-0.1, -0.05) is 18.2 Å². The number of nitrogens with zero attached hydrogens (tertiary/aromatic N) is 3. The highest BCUT2D eigenvalue weighted by Crippen LogP contribution is 2.33. The van der Waals surface area contributed by atoms with E-state index in [0.29, 0.717) is 0 Å². The first-order chi connectivity index (χ1) is 8.84. The zero-order valence-electron chi connectivity index (χ0n) is 11.2. The average molecular weight is 397 g/mol. The number of azo groups is 2. The minimum absolute atomic E-state index is 0. The van der Waals surface area contributed by atoms with Gasteiger partial charge in [0.15, 0.2) is 12.7 Å². The molecule has 3 heterocycles.